The Labute approximate surface area is 228 Å². The van der Waals surface area contributed by atoms with E-state index in [1.54, 1.807) is 43.3 Å². The molecule has 9 nitrogen and oxygen atoms in total. The molecule has 2 heterocycles. The number of hydrogen-bond acceptors (Lipinski definition) is 7. The van der Waals surface area contributed by atoms with E-state index in [1.807, 2.05) is 26.0 Å². The van der Waals surface area contributed by atoms with E-state index in [9.17, 15) is 18.8 Å². The van der Waals surface area contributed by atoms with Crippen molar-refractivity contribution in [2.24, 2.45) is 5.73 Å². The minimum atomic E-state index is -1.25. The molecule has 4 rings (SSSR count). The highest BCUT2D eigenvalue weighted by atomic mass is 32.1. The SMILES string of the molecule is Cc1ccc(C(C(=O)NCc2ccc(F)cc2)N(C(=O)c2snc(C(N)=O)c2N)c2ccc(C(C)C)cc2)o1. The van der Waals surface area contributed by atoms with Crippen LogP contribution in [0.15, 0.2) is 65.1 Å². The molecule has 0 fully saturated rings. The van der Waals surface area contributed by atoms with E-state index in [2.05, 4.69) is 9.69 Å². The number of benzene rings is 2. The molecule has 5 N–H and O–H groups in total. The van der Waals surface area contributed by atoms with Gasteiger partial charge in [-0.3, -0.25) is 19.3 Å². The Hall–Kier alpha value is -4.51. The van der Waals surface area contributed by atoms with Crippen molar-refractivity contribution in [3.63, 3.8) is 0 Å². The molecule has 1 atom stereocenters. The monoisotopic (exact) mass is 549 g/mol. The standard InChI is InChI=1S/C28H28FN5O4S/c1-15(2)18-7-11-20(12-8-18)34(28(37)25-22(30)23(26(31)35)33-39-25)24(21-13-4-16(3)38-21)27(36)32-14-17-5-9-19(29)10-6-17/h4-13,15,24H,14,30H2,1-3H3,(H2,31,35)(H,32,36). The molecule has 202 valence electrons. The van der Waals surface area contributed by atoms with Crippen molar-refractivity contribution in [3.8, 4) is 0 Å². The van der Waals surface area contributed by atoms with E-state index in [0.717, 1.165) is 17.1 Å². The van der Waals surface area contributed by atoms with Gasteiger partial charge in [0.15, 0.2) is 11.7 Å². The number of carbonyl (C=O) groups excluding carboxylic acids is 3. The average molecular weight is 550 g/mol. The highest BCUT2D eigenvalue weighted by molar-refractivity contribution is 7.09. The van der Waals surface area contributed by atoms with Crippen LogP contribution >= 0.6 is 11.5 Å². The Morgan fingerprint density at radius 3 is 2.26 bits per heavy atom. The van der Waals surface area contributed by atoms with Crippen LogP contribution in [0.5, 0.6) is 0 Å². The highest BCUT2D eigenvalue weighted by Crippen LogP contribution is 2.34. The van der Waals surface area contributed by atoms with Gasteiger partial charge in [0.25, 0.3) is 17.7 Å². The molecule has 3 amide bonds. The highest BCUT2D eigenvalue weighted by Gasteiger charge is 2.37. The van der Waals surface area contributed by atoms with Gasteiger partial charge < -0.3 is 21.2 Å². The number of halogens is 1. The Balaban J connectivity index is 1.80. The summed E-state index contributed by atoms with van der Waals surface area (Å²) in [6.45, 7) is 5.89. The van der Waals surface area contributed by atoms with Crippen LogP contribution in [0.3, 0.4) is 0 Å². The first kappa shape index (κ1) is 27.5. The van der Waals surface area contributed by atoms with Gasteiger partial charge >= 0.3 is 0 Å². The zero-order chi connectivity index (χ0) is 28.3. The topological polar surface area (TPSA) is 145 Å². The number of rotatable bonds is 9. The zero-order valence-electron chi connectivity index (χ0n) is 21.6. The lowest BCUT2D eigenvalue weighted by Gasteiger charge is -2.30. The van der Waals surface area contributed by atoms with E-state index in [-0.39, 0.29) is 34.5 Å². The first-order valence-corrected chi connectivity index (χ1v) is 12.9. The summed E-state index contributed by atoms with van der Waals surface area (Å²) in [4.78, 5) is 40.8. The molecule has 1 unspecified atom stereocenters. The minimum Gasteiger partial charge on any atom is -0.464 e. The number of amides is 3. The first-order valence-electron chi connectivity index (χ1n) is 12.1. The second kappa shape index (κ2) is 11.5. The molecule has 2 aromatic heterocycles. The quantitative estimate of drug-likeness (QED) is 0.276. The van der Waals surface area contributed by atoms with Crippen molar-refractivity contribution < 1.29 is 23.2 Å². The van der Waals surface area contributed by atoms with Crippen molar-refractivity contribution in [3.05, 3.63) is 99.7 Å². The predicted molar refractivity (Wildman–Crippen MR) is 147 cm³/mol. The Morgan fingerprint density at radius 1 is 1.05 bits per heavy atom. The van der Waals surface area contributed by atoms with Gasteiger partial charge in [0, 0.05) is 12.2 Å². The summed E-state index contributed by atoms with van der Waals surface area (Å²) in [6, 6.07) is 14.9. The average Bonchev–Trinajstić information content (AvgIpc) is 3.51. The molecule has 0 saturated carbocycles. The first-order chi connectivity index (χ1) is 18.6. The Bertz CT molecular complexity index is 1500. The number of hydrogen-bond donors (Lipinski definition) is 3. The molecule has 2 aromatic carbocycles. The Morgan fingerprint density at radius 2 is 1.72 bits per heavy atom. The van der Waals surface area contributed by atoms with Gasteiger partial charge in [-0.15, -0.1) is 0 Å². The summed E-state index contributed by atoms with van der Waals surface area (Å²) < 4.78 is 23.1. The van der Waals surface area contributed by atoms with Gasteiger partial charge in [0.05, 0.1) is 5.69 Å². The van der Waals surface area contributed by atoms with Gasteiger partial charge in [0.1, 0.15) is 22.2 Å². The fourth-order valence-corrected chi connectivity index (χ4v) is 4.75. The molecule has 4 aromatic rings. The number of carbonyl (C=O) groups is 3. The van der Waals surface area contributed by atoms with Crippen LogP contribution in [0.2, 0.25) is 0 Å². The number of nitrogens with two attached hydrogens (primary N) is 2. The molecule has 0 aliphatic heterocycles. The van der Waals surface area contributed by atoms with E-state index >= 15 is 0 Å². The van der Waals surface area contributed by atoms with Gasteiger partial charge in [-0.1, -0.05) is 38.1 Å². The van der Waals surface area contributed by atoms with Crippen LogP contribution in [0.4, 0.5) is 15.8 Å². The Kier molecular flexibility index (Phi) is 8.10. The van der Waals surface area contributed by atoms with Crippen molar-refractivity contribution in [2.45, 2.75) is 39.3 Å². The molecule has 11 heteroatoms. The van der Waals surface area contributed by atoms with E-state index in [1.165, 1.54) is 17.0 Å². The largest absolute Gasteiger partial charge is 0.464 e. The lowest BCUT2D eigenvalue weighted by Crippen LogP contribution is -2.43. The summed E-state index contributed by atoms with van der Waals surface area (Å²) in [6.07, 6.45) is 0. The lowest BCUT2D eigenvalue weighted by molar-refractivity contribution is -0.123. The third-order valence-corrected chi connectivity index (χ3v) is 6.98. The number of nitrogens with one attached hydrogen (secondary N) is 1. The normalized spacial score (nSPS) is 11.8. The summed E-state index contributed by atoms with van der Waals surface area (Å²) >= 11 is 0.720. The number of nitrogen functional groups attached to an aromatic ring is 1. The fourth-order valence-electron chi connectivity index (χ4n) is 4.00. The van der Waals surface area contributed by atoms with Gasteiger partial charge in [-0.25, -0.2) is 4.39 Å². The van der Waals surface area contributed by atoms with Gasteiger partial charge in [0.2, 0.25) is 0 Å². The number of anilines is 2. The van der Waals surface area contributed by atoms with E-state index in [4.69, 9.17) is 15.9 Å². The number of aromatic nitrogens is 1. The van der Waals surface area contributed by atoms with Crippen LogP contribution in [0.25, 0.3) is 0 Å². The van der Waals surface area contributed by atoms with Gasteiger partial charge in [-0.05, 0) is 71.9 Å². The van der Waals surface area contributed by atoms with Crippen LogP contribution in [0.1, 0.15) is 68.6 Å². The molecule has 0 spiro atoms. The molecular formula is C28H28FN5O4S. The fraction of sp³-hybridized carbons (Fsp3) is 0.214. The van der Waals surface area contributed by atoms with Crippen LogP contribution < -0.4 is 21.7 Å². The van der Waals surface area contributed by atoms with Crippen molar-refractivity contribution >= 4 is 40.6 Å². The smallest absolute Gasteiger partial charge is 0.273 e. The minimum absolute atomic E-state index is 0.0450. The second-order valence-electron chi connectivity index (χ2n) is 9.25. The predicted octanol–water partition coefficient (Wildman–Crippen LogP) is 4.69. The maximum Gasteiger partial charge on any atom is 0.273 e. The van der Waals surface area contributed by atoms with Crippen LogP contribution in [0, 0.1) is 12.7 Å². The van der Waals surface area contributed by atoms with Gasteiger partial charge in [-0.2, -0.15) is 4.37 Å². The maximum atomic E-state index is 14.1. The molecule has 0 aliphatic rings. The molecule has 0 bridgehead atoms. The molecular weight excluding hydrogens is 521 g/mol. The van der Waals surface area contributed by atoms with Crippen molar-refractivity contribution in [1.29, 1.82) is 0 Å². The van der Waals surface area contributed by atoms with Crippen LogP contribution in [-0.4, -0.2) is 22.1 Å². The summed E-state index contributed by atoms with van der Waals surface area (Å²) in [5.41, 5.74) is 13.2. The summed E-state index contributed by atoms with van der Waals surface area (Å²) in [7, 11) is 0. The summed E-state index contributed by atoms with van der Waals surface area (Å²) in [5.74, 6) is -1.49. The molecule has 0 radical (unpaired) electrons. The molecule has 0 aliphatic carbocycles. The second-order valence-corrected chi connectivity index (χ2v) is 10.0. The lowest BCUT2D eigenvalue weighted by atomic mass is 10.0. The molecule has 39 heavy (non-hydrogen) atoms. The number of primary amides is 1. The zero-order valence-corrected chi connectivity index (χ0v) is 22.4. The van der Waals surface area contributed by atoms with Crippen molar-refractivity contribution in [1.82, 2.24) is 9.69 Å². The van der Waals surface area contributed by atoms with E-state index < -0.39 is 29.6 Å². The number of furan rings is 1. The number of aryl methyl sites for hydroxylation is 1. The number of nitrogens with zero attached hydrogens (tertiary/aromatic N) is 2. The third kappa shape index (κ3) is 5.99. The summed E-state index contributed by atoms with van der Waals surface area (Å²) in [5, 5.41) is 2.82. The van der Waals surface area contributed by atoms with E-state index in [0.29, 0.717) is 17.0 Å². The molecule has 0 saturated heterocycles. The third-order valence-electron chi connectivity index (χ3n) is 6.13. The van der Waals surface area contributed by atoms with Crippen molar-refractivity contribution in [2.75, 3.05) is 10.6 Å². The van der Waals surface area contributed by atoms with Crippen LogP contribution in [-0.2, 0) is 11.3 Å². The maximum absolute atomic E-state index is 14.1.